The summed E-state index contributed by atoms with van der Waals surface area (Å²) < 4.78 is 5.15. The fraction of sp³-hybridized carbons (Fsp3) is 0.588. The van der Waals surface area contributed by atoms with Crippen molar-refractivity contribution >= 4 is 17.7 Å². The van der Waals surface area contributed by atoms with Crippen molar-refractivity contribution in [2.75, 3.05) is 31.2 Å². The molecule has 0 aromatic carbocycles. The van der Waals surface area contributed by atoms with Crippen molar-refractivity contribution in [2.45, 2.75) is 37.6 Å². The van der Waals surface area contributed by atoms with Crippen LogP contribution in [0.3, 0.4) is 0 Å². The number of pyridine rings is 1. The number of hydrogen-bond acceptors (Lipinski definition) is 5. The first-order valence-electron chi connectivity index (χ1n) is 8.45. The fourth-order valence-corrected chi connectivity index (χ4v) is 3.18. The van der Waals surface area contributed by atoms with Gasteiger partial charge in [0.05, 0.1) is 12.2 Å². The molecule has 2 aliphatic heterocycles. The fourth-order valence-electron chi connectivity index (χ4n) is 3.18. The Morgan fingerprint density at radius 2 is 1.96 bits per heavy atom. The van der Waals surface area contributed by atoms with Crippen LogP contribution in [0.5, 0.6) is 0 Å². The number of carboxylic acid groups (broad SMARTS) is 1. The van der Waals surface area contributed by atoms with E-state index in [1.807, 2.05) is 6.07 Å². The number of nitrogens with zero attached hydrogens (tertiary/aromatic N) is 2. The number of anilines is 1. The molecule has 1 atom stereocenters. The number of carboxylic acids is 1. The average Bonchev–Trinajstić information content (AvgIpc) is 2.90. The van der Waals surface area contributed by atoms with Crippen molar-refractivity contribution in [3.8, 4) is 0 Å². The molecule has 2 aliphatic rings. The van der Waals surface area contributed by atoms with Gasteiger partial charge in [0.15, 0.2) is 5.54 Å². The number of aromatic nitrogens is 1. The maximum Gasteiger partial charge on any atom is 0.331 e. The zero-order chi connectivity index (χ0) is 17.0. The first kappa shape index (κ1) is 16.7. The molecule has 3 heterocycles. The van der Waals surface area contributed by atoms with Gasteiger partial charge in [-0.2, -0.15) is 0 Å². The van der Waals surface area contributed by atoms with E-state index in [4.69, 9.17) is 4.74 Å². The van der Waals surface area contributed by atoms with E-state index in [0.717, 1.165) is 31.7 Å². The average molecular weight is 333 g/mol. The van der Waals surface area contributed by atoms with Crippen LogP contribution in [0.2, 0.25) is 0 Å². The normalized spacial score (nSPS) is 24.4. The van der Waals surface area contributed by atoms with Crippen molar-refractivity contribution in [1.29, 1.82) is 0 Å². The monoisotopic (exact) mass is 333 g/mol. The van der Waals surface area contributed by atoms with E-state index in [0.29, 0.717) is 12.2 Å². The summed E-state index contributed by atoms with van der Waals surface area (Å²) in [5.41, 5.74) is -0.971. The van der Waals surface area contributed by atoms with Gasteiger partial charge in [-0.15, -0.1) is 0 Å². The Morgan fingerprint density at radius 1 is 1.21 bits per heavy atom. The number of nitrogens with one attached hydrogen (secondary N) is 1. The second-order valence-electron chi connectivity index (χ2n) is 6.45. The Hall–Kier alpha value is -2.15. The molecule has 0 saturated carbocycles. The number of amides is 1. The van der Waals surface area contributed by atoms with Gasteiger partial charge in [-0.25, -0.2) is 9.78 Å². The molecule has 1 aromatic rings. The predicted octanol–water partition coefficient (Wildman–Crippen LogP) is 1.44. The molecule has 24 heavy (non-hydrogen) atoms. The minimum Gasteiger partial charge on any atom is -0.479 e. The van der Waals surface area contributed by atoms with E-state index in [9.17, 15) is 14.7 Å². The van der Waals surface area contributed by atoms with E-state index in [1.165, 1.54) is 19.0 Å². The van der Waals surface area contributed by atoms with Gasteiger partial charge < -0.3 is 20.1 Å². The lowest BCUT2D eigenvalue weighted by Gasteiger charge is -2.24. The minimum atomic E-state index is -1.33. The van der Waals surface area contributed by atoms with Crippen molar-refractivity contribution in [1.82, 2.24) is 10.3 Å². The van der Waals surface area contributed by atoms with Crippen LogP contribution in [-0.4, -0.2) is 53.8 Å². The second-order valence-corrected chi connectivity index (χ2v) is 6.45. The molecule has 2 saturated heterocycles. The molecular weight excluding hydrogens is 310 g/mol. The standard InChI is InChI=1S/C17H23N3O4/c21-15(19-17(16(22)23)7-10-24-12-17)13-5-6-14(18-11-13)20-8-3-1-2-4-9-20/h5-6,11H,1-4,7-10,12H2,(H,19,21)(H,22,23). The number of rotatable bonds is 4. The van der Waals surface area contributed by atoms with Crippen molar-refractivity contribution < 1.29 is 19.4 Å². The molecule has 1 amide bonds. The van der Waals surface area contributed by atoms with Gasteiger partial charge in [0, 0.05) is 32.3 Å². The van der Waals surface area contributed by atoms with E-state index in [1.54, 1.807) is 6.07 Å². The molecule has 2 N–H and O–H groups in total. The number of carbonyl (C=O) groups excluding carboxylic acids is 1. The smallest absolute Gasteiger partial charge is 0.331 e. The summed E-state index contributed by atoms with van der Waals surface area (Å²) in [4.78, 5) is 30.5. The first-order chi connectivity index (χ1) is 11.6. The highest BCUT2D eigenvalue weighted by Crippen LogP contribution is 2.21. The Balaban J connectivity index is 1.68. The first-order valence-corrected chi connectivity index (χ1v) is 8.45. The summed E-state index contributed by atoms with van der Waals surface area (Å²) in [7, 11) is 0. The highest BCUT2D eigenvalue weighted by molar-refractivity contribution is 5.98. The van der Waals surface area contributed by atoms with Crippen LogP contribution in [0.25, 0.3) is 0 Å². The summed E-state index contributed by atoms with van der Waals surface area (Å²) in [5.74, 6) is -0.633. The molecule has 0 bridgehead atoms. The van der Waals surface area contributed by atoms with Crippen molar-refractivity contribution in [3.63, 3.8) is 0 Å². The van der Waals surface area contributed by atoms with Gasteiger partial charge in [-0.1, -0.05) is 12.8 Å². The Labute approximate surface area is 141 Å². The number of carbonyl (C=O) groups is 2. The highest BCUT2D eigenvalue weighted by Gasteiger charge is 2.44. The topological polar surface area (TPSA) is 91.8 Å². The molecule has 7 nitrogen and oxygen atoms in total. The molecule has 2 fully saturated rings. The van der Waals surface area contributed by atoms with Gasteiger partial charge in [0.2, 0.25) is 0 Å². The third-order valence-electron chi connectivity index (χ3n) is 4.72. The Morgan fingerprint density at radius 3 is 2.50 bits per heavy atom. The maximum absolute atomic E-state index is 12.4. The summed E-state index contributed by atoms with van der Waals surface area (Å²) in [6.45, 7) is 2.29. The van der Waals surface area contributed by atoms with Gasteiger partial charge >= 0.3 is 5.97 Å². The zero-order valence-corrected chi connectivity index (χ0v) is 13.7. The van der Waals surface area contributed by atoms with E-state index < -0.39 is 17.4 Å². The predicted molar refractivity (Wildman–Crippen MR) is 88.2 cm³/mol. The van der Waals surface area contributed by atoms with Gasteiger partial charge in [-0.05, 0) is 25.0 Å². The van der Waals surface area contributed by atoms with Gasteiger partial charge in [0.25, 0.3) is 5.91 Å². The lowest BCUT2D eigenvalue weighted by atomic mass is 9.98. The van der Waals surface area contributed by atoms with E-state index in [-0.39, 0.29) is 13.0 Å². The lowest BCUT2D eigenvalue weighted by Crippen LogP contribution is -2.55. The molecule has 0 spiro atoms. The summed E-state index contributed by atoms with van der Waals surface area (Å²) in [5, 5.41) is 12.0. The molecule has 130 valence electrons. The third kappa shape index (κ3) is 3.51. The molecular formula is C17H23N3O4. The Kier molecular flexibility index (Phi) is 4.99. The molecule has 3 rings (SSSR count). The van der Waals surface area contributed by atoms with Gasteiger partial charge in [0.1, 0.15) is 5.82 Å². The van der Waals surface area contributed by atoms with Gasteiger partial charge in [-0.3, -0.25) is 4.79 Å². The SMILES string of the molecule is O=C(NC1(C(=O)O)CCOC1)c1ccc(N2CCCCCC2)nc1. The second kappa shape index (κ2) is 7.17. The molecule has 7 heteroatoms. The number of ether oxygens (including phenoxy) is 1. The quantitative estimate of drug-likeness (QED) is 0.866. The van der Waals surface area contributed by atoms with E-state index in [2.05, 4.69) is 15.2 Å². The molecule has 1 aromatic heterocycles. The van der Waals surface area contributed by atoms with Crippen LogP contribution >= 0.6 is 0 Å². The molecule has 0 aliphatic carbocycles. The highest BCUT2D eigenvalue weighted by atomic mass is 16.5. The van der Waals surface area contributed by atoms with E-state index >= 15 is 0 Å². The van der Waals surface area contributed by atoms with Crippen LogP contribution < -0.4 is 10.2 Å². The number of aliphatic carboxylic acids is 1. The van der Waals surface area contributed by atoms with Crippen LogP contribution in [0, 0.1) is 0 Å². The summed E-state index contributed by atoms with van der Waals surface area (Å²) in [6, 6.07) is 3.53. The summed E-state index contributed by atoms with van der Waals surface area (Å²) in [6.07, 6.45) is 6.59. The number of hydrogen-bond donors (Lipinski definition) is 2. The van der Waals surface area contributed by atoms with Crippen LogP contribution in [0.4, 0.5) is 5.82 Å². The van der Waals surface area contributed by atoms with Crippen LogP contribution in [0.1, 0.15) is 42.5 Å². The third-order valence-corrected chi connectivity index (χ3v) is 4.72. The Bertz CT molecular complexity index is 588. The lowest BCUT2D eigenvalue weighted by molar-refractivity contribution is -0.144. The van der Waals surface area contributed by atoms with Crippen LogP contribution in [0.15, 0.2) is 18.3 Å². The maximum atomic E-state index is 12.4. The van der Waals surface area contributed by atoms with Crippen molar-refractivity contribution in [2.24, 2.45) is 0 Å². The van der Waals surface area contributed by atoms with Crippen LogP contribution in [-0.2, 0) is 9.53 Å². The zero-order valence-electron chi connectivity index (χ0n) is 13.7. The molecule has 0 radical (unpaired) electrons. The summed E-state index contributed by atoms with van der Waals surface area (Å²) >= 11 is 0. The minimum absolute atomic E-state index is 0.00658. The largest absolute Gasteiger partial charge is 0.479 e. The van der Waals surface area contributed by atoms with Crippen molar-refractivity contribution in [3.05, 3.63) is 23.9 Å². The molecule has 1 unspecified atom stereocenters.